The molecular formula is C11H17NO2. The van der Waals surface area contributed by atoms with Crippen LogP contribution in [0, 0.1) is 0 Å². The van der Waals surface area contributed by atoms with Crippen LogP contribution in [0.1, 0.15) is 45.4 Å². The quantitative estimate of drug-likeness (QED) is 0.271. The highest BCUT2D eigenvalue weighted by molar-refractivity contribution is 5.91. The van der Waals surface area contributed by atoms with Crippen LogP contribution >= 0.6 is 0 Å². The van der Waals surface area contributed by atoms with E-state index >= 15 is 0 Å². The van der Waals surface area contributed by atoms with E-state index in [1.54, 1.807) is 6.08 Å². The number of hydrogen-bond acceptors (Lipinski definition) is 2. The van der Waals surface area contributed by atoms with E-state index in [1.165, 1.54) is 37.8 Å². The van der Waals surface area contributed by atoms with Crippen molar-refractivity contribution in [1.29, 1.82) is 0 Å². The lowest BCUT2D eigenvalue weighted by Crippen LogP contribution is -1.84. The van der Waals surface area contributed by atoms with Crippen molar-refractivity contribution in [2.24, 2.45) is 4.99 Å². The van der Waals surface area contributed by atoms with E-state index in [4.69, 9.17) is 0 Å². The molecule has 0 radical (unpaired) electrons. The third-order valence-corrected chi connectivity index (χ3v) is 1.89. The highest BCUT2D eigenvalue weighted by atomic mass is 16.2. The molecule has 0 bridgehead atoms. The van der Waals surface area contributed by atoms with Gasteiger partial charge in [0.25, 0.3) is 5.91 Å². The normalized spacial score (nSPS) is 10.1. The second-order valence-electron chi connectivity index (χ2n) is 3.15. The van der Waals surface area contributed by atoms with E-state index in [9.17, 15) is 9.59 Å². The standard InChI is InChI=1S/C11H17NO2/c1-2-3-4-5-6-7-8-9-11(14)12-10-13/h8-9H,2-7H2,1H3/b9-8+. The molecule has 0 fully saturated rings. The Labute approximate surface area is 84.9 Å². The van der Waals surface area contributed by atoms with Crippen LogP contribution in [0.3, 0.4) is 0 Å². The van der Waals surface area contributed by atoms with Gasteiger partial charge in [0.1, 0.15) is 0 Å². The van der Waals surface area contributed by atoms with Crippen LogP contribution < -0.4 is 0 Å². The summed E-state index contributed by atoms with van der Waals surface area (Å²) in [6, 6.07) is 0. The van der Waals surface area contributed by atoms with Crippen LogP contribution in [0.2, 0.25) is 0 Å². The smallest absolute Gasteiger partial charge is 0.267 e. The molecule has 0 heterocycles. The number of rotatable bonds is 7. The first-order valence-corrected chi connectivity index (χ1v) is 5.09. The molecule has 0 aromatic rings. The number of unbranched alkanes of at least 4 members (excludes halogenated alkanes) is 5. The predicted molar refractivity (Wildman–Crippen MR) is 55.6 cm³/mol. The lowest BCUT2D eigenvalue weighted by Gasteiger charge is -1.95. The van der Waals surface area contributed by atoms with Crippen molar-refractivity contribution in [2.75, 3.05) is 0 Å². The number of carbonyl (C=O) groups is 1. The minimum absolute atomic E-state index is 0.520. The predicted octanol–water partition coefficient (Wildman–Crippen LogP) is 2.77. The number of amides is 1. The first-order valence-electron chi connectivity index (χ1n) is 5.09. The Kier molecular flexibility index (Phi) is 9.02. The van der Waals surface area contributed by atoms with Crippen molar-refractivity contribution in [2.45, 2.75) is 45.4 Å². The van der Waals surface area contributed by atoms with E-state index in [0.717, 1.165) is 12.8 Å². The molecule has 0 atom stereocenters. The molecule has 0 aromatic carbocycles. The van der Waals surface area contributed by atoms with Gasteiger partial charge < -0.3 is 0 Å². The molecule has 0 spiro atoms. The molecule has 0 N–H and O–H groups in total. The summed E-state index contributed by atoms with van der Waals surface area (Å²) in [6.07, 6.45) is 11.2. The Bertz CT molecular complexity index is 227. The molecule has 0 unspecified atom stereocenters. The Balaban J connectivity index is 3.35. The van der Waals surface area contributed by atoms with E-state index in [-0.39, 0.29) is 0 Å². The zero-order chi connectivity index (χ0) is 10.6. The van der Waals surface area contributed by atoms with Gasteiger partial charge in [-0.1, -0.05) is 38.7 Å². The van der Waals surface area contributed by atoms with Crippen molar-refractivity contribution >= 4 is 12.0 Å². The highest BCUT2D eigenvalue weighted by Crippen LogP contribution is 2.05. The molecule has 3 heteroatoms. The van der Waals surface area contributed by atoms with Crippen molar-refractivity contribution in [3.05, 3.63) is 12.2 Å². The number of hydrogen-bond donors (Lipinski definition) is 0. The number of allylic oxidation sites excluding steroid dienone is 1. The molecule has 0 aliphatic rings. The highest BCUT2D eigenvalue weighted by Gasteiger charge is 1.89. The monoisotopic (exact) mass is 195 g/mol. The van der Waals surface area contributed by atoms with Gasteiger partial charge in [-0.25, -0.2) is 4.79 Å². The number of isocyanates is 1. The molecular weight excluding hydrogens is 178 g/mol. The second-order valence-corrected chi connectivity index (χ2v) is 3.15. The van der Waals surface area contributed by atoms with Gasteiger partial charge in [0.15, 0.2) is 0 Å². The van der Waals surface area contributed by atoms with Gasteiger partial charge in [-0.05, 0) is 12.8 Å². The third kappa shape index (κ3) is 8.88. The molecule has 0 aliphatic heterocycles. The summed E-state index contributed by atoms with van der Waals surface area (Å²) >= 11 is 0. The SMILES string of the molecule is CCCCCCC/C=C/C(=O)N=C=O. The molecule has 0 rings (SSSR count). The first-order chi connectivity index (χ1) is 6.81. The van der Waals surface area contributed by atoms with Crippen LogP contribution in [0.4, 0.5) is 0 Å². The van der Waals surface area contributed by atoms with E-state index in [0.29, 0.717) is 0 Å². The van der Waals surface area contributed by atoms with Gasteiger partial charge in [-0.3, -0.25) is 4.79 Å². The van der Waals surface area contributed by atoms with Crippen molar-refractivity contribution in [1.82, 2.24) is 0 Å². The Morgan fingerprint density at radius 2 is 2.00 bits per heavy atom. The van der Waals surface area contributed by atoms with Crippen LogP contribution in [0.5, 0.6) is 0 Å². The van der Waals surface area contributed by atoms with Crippen molar-refractivity contribution in [3.8, 4) is 0 Å². The number of carbonyl (C=O) groups excluding carboxylic acids is 2. The summed E-state index contributed by atoms with van der Waals surface area (Å²) in [5, 5.41) is 0. The van der Waals surface area contributed by atoms with Gasteiger partial charge in [0.05, 0.1) is 0 Å². The Morgan fingerprint density at radius 1 is 1.29 bits per heavy atom. The van der Waals surface area contributed by atoms with Gasteiger partial charge in [-0.2, -0.15) is 0 Å². The Morgan fingerprint density at radius 3 is 2.64 bits per heavy atom. The number of nitrogens with zero attached hydrogens (tertiary/aromatic N) is 1. The van der Waals surface area contributed by atoms with Crippen LogP contribution in [0.25, 0.3) is 0 Å². The lowest BCUT2D eigenvalue weighted by molar-refractivity contribution is -0.113. The maximum Gasteiger partial charge on any atom is 0.280 e. The van der Waals surface area contributed by atoms with Crippen LogP contribution in [-0.4, -0.2) is 12.0 Å². The summed E-state index contributed by atoms with van der Waals surface area (Å²) in [4.78, 5) is 23.3. The topological polar surface area (TPSA) is 46.5 Å². The fourth-order valence-corrected chi connectivity index (χ4v) is 1.13. The van der Waals surface area contributed by atoms with Gasteiger partial charge in [0, 0.05) is 6.08 Å². The maximum absolute atomic E-state index is 10.7. The minimum Gasteiger partial charge on any atom is -0.267 e. The maximum atomic E-state index is 10.7. The number of aliphatic imine (C=N–C) groups is 1. The molecule has 0 aromatic heterocycles. The molecule has 0 aliphatic carbocycles. The average Bonchev–Trinajstić information content (AvgIpc) is 2.17. The summed E-state index contributed by atoms with van der Waals surface area (Å²) in [7, 11) is 0. The zero-order valence-corrected chi connectivity index (χ0v) is 8.66. The zero-order valence-electron chi connectivity index (χ0n) is 8.66. The molecule has 3 nitrogen and oxygen atoms in total. The summed E-state index contributed by atoms with van der Waals surface area (Å²) in [6.45, 7) is 2.18. The van der Waals surface area contributed by atoms with E-state index < -0.39 is 5.91 Å². The largest absolute Gasteiger partial charge is 0.280 e. The fraction of sp³-hybridized carbons (Fsp3) is 0.636. The second kappa shape index (κ2) is 9.87. The van der Waals surface area contributed by atoms with Crippen LogP contribution in [0.15, 0.2) is 17.1 Å². The van der Waals surface area contributed by atoms with E-state index in [2.05, 4.69) is 11.9 Å². The fourth-order valence-electron chi connectivity index (χ4n) is 1.13. The van der Waals surface area contributed by atoms with Crippen LogP contribution in [-0.2, 0) is 9.59 Å². The van der Waals surface area contributed by atoms with Gasteiger partial charge >= 0.3 is 0 Å². The summed E-state index contributed by atoms with van der Waals surface area (Å²) in [5.74, 6) is -0.520. The molecule has 78 valence electrons. The van der Waals surface area contributed by atoms with Crippen molar-refractivity contribution < 1.29 is 9.59 Å². The first kappa shape index (κ1) is 12.8. The third-order valence-electron chi connectivity index (χ3n) is 1.89. The Hall–Kier alpha value is -1.21. The van der Waals surface area contributed by atoms with Gasteiger partial charge in [0.2, 0.25) is 6.08 Å². The molecule has 0 saturated heterocycles. The summed E-state index contributed by atoms with van der Waals surface area (Å²) < 4.78 is 0. The molecule has 14 heavy (non-hydrogen) atoms. The summed E-state index contributed by atoms with van der Waals surface area (Å²) in [5.41, 5.74) is 0. The molecule has 0 saturated carbocycles. The molecule has 1 amide bonds. The van der Waals surface area contributed by atoms with E-state index in [1.807, 2.05) is 0 Å². The average molecular weight is 195 g/mol. The van der Waals surface area contributed by atoms with Gasteiger partial charge in [-0.15, -0.1) is 4.99 Å². The lowest BCUT2D eigenvalue weighted by atomic mass is 10.1. The van der Waals surface area contributed by atoms with Crippen molar-refractivity contribution in [3.63, 3.8) is 0 Å². The minimum atomic E-state index is -0.520.